The highest BCUT2D eigenvalue weighted by Gasteiger charge is 2.25. The summed E-state index contributed by atoms with van der Waals surface area (Å²) in [6, 6.07) is 5.06. The number of thiophene rings is 1. The van der Waals surface area contributed by atoms with Crippen molar-refractivity contribution in [2.24, 2.45) is 0 Å². The van der Waals surface area contributed by atoms with Crippen molar-refractivity contribution in [1.82, 2.24) is 30.2 Å². The van der Waals surface area contributed by atoms with Crippen molar-refractivity contribution in [3.05, 3.63) is 35.7 Å². The summed E-state index contributed by atoms with van der Waals surface area (Å²) in [5.74, 6) is 4.21. The third kappa shape index (κ3) is 5.13. The van der Waals surface area contributed by atoms with Crippen LogP contribution in [0.4, 0.5) is 11.6 Å². The van der Waals surface area contributed by atoms with Gasteiger partial charge in [0.2, 0.25) is 15.9 Å². The number of anilines is 2. The zero-order valence-electron chi connectivity index (χ0n) is 17.2. The van der Waals surface area contributed by atoms with Crippen molar-refractivity contribution >= 4 is 38.9 Å². The third-order valence-electron chi connectivity index (χ3n) is 4.66. The minimum Gasteiger partial charge on any atom is -0.355 e. The molecule has 0 spiro atoms. The van der Waals surface area contributed by atoms with E-state index >= 15 is 0 Å². The van der Waals surface area contributed by atoms with Crippen LogP contribution in [0.1, 0.15) is 36.9 Å². The molecule has 0 radical (unpaired) electrons. The van der Waals surface area contributed by atoms with E-state index in [2.05, 4.69) is 41.4 Å². The molecule has 166 valence electrons. The highest BCUT2D eigenvalue weighted by Crippen LogP contribution is 2.39. The molecule has 12 heteroatoms. The molecule has 3 heterocycles. The second-order valence-corrected chi connectivity index (χ2v) is 10.3. The molecule has 32 heavy (non-hydrogen) atoms. The van der Waals surface area contributed by atoms with Gasteiger partial charge < -0.3 is 10.6 Å². The van der Waals surface area contributed by atoms with Crippen molar-refractivity contribution in [3.63, 3.8) is 0 Å². The van der Waals surface area contributed by atoms with Gasteiger partial charge in [-0.3, -0.25) is 9.89 Å². The third-order valence-corrected chi connectivity index (χ3v) is 7.70. The fraction of sp³-hybridized carbons (Fsp3) is 0.300. The van der Waals surface area contributed by atoms with Gasteiger partial charge in [-0.05, 0) is 25.0 Å². The number of carbonyl (C=O) groups is 1. The first kappa shape index (κ1) is 21.9. The highest BCUT2D eigenvalue weighted by molar-refractivity contribution is 7.91. The van der Waals surface area contributed by atoms with E-state index < -0.39 is 10.0 Å². The summed E-state index contributed by atoms with van der Waals surface area (Å²) in [6.45, 7) is 1.66. The van der Waals surface area contributed by atoms with E-state index in [-0.39, 0.29) is 23.2 Å². The summed E-state index contributed by atoms with van der Waals surface area (Å²) in [5.41, 5.74) is 1.54. The van der Waals surface area contributed by atoms with E-state index in [9.17, 15) is 13.2 Å². The van der Waals surface area contributed by atoms with E-state index in [4.69, 9.17) is 6.42 Å². The van der Waals surface area contributed by atoms with Gasteiger partial charge in [0.1, 0.15) is 4.21 Å². The number of terminal acetylenes is 1. The number of sulfonamides is 1. The van der Waals surface area contributed by atoms with Crippen molar-refractivity contribution in [2.45, 2.75) is 29.9 Å². The van der Waals surface area contributed by atoms with E-state index in [0.717, 1.165) is 29.9 Å². The average molecular weight is 472 g/mol. The van der Waals surface area contributed by atoms with E-state index in [1.807, 2.05) is 6.07 Å². The average Bonchev–Trinajstić information content (AvgIpc) is 3.29. The number of aromatic nitrogens is 4. The number of nitrogens with zero attached hydrogens (tertiary/aromatic N) is 3. The van der Waals surface area contributed by atoms with E-state index in [1.54, 1.807) is 6.07 Å². The molecule has 10 nitrogen and oxygen atoms in total. The normalized spacial score (nSPS) is 13.5. The molecule has 0 aromatic carbocycles. The molecule has 1 saturated carbocycles. The fourth-order valence-electron chi connectivity index (χ4n) is 2.91. The van der Waals surface area contributed by atoms with Gasteiger partial charge in [0.25, 0.3) is 0 Å². The summed E-state index contributed by atoms with van der Waals surface area (Å²) in [6.07, 6.45) is 9.40. The Kier molecular flexibility index (Phi) is 6.22. The Morgan fingerprint density at radius 3 is 2.88 bits per heavy atom. The molecule has 4 N–H and O–H groups in total. The first-order valence-electron chi connectivity index (χ1n) is 9.86. The molecule has 3 aromatic heterocycles. The van der Waals surface area contributed by atoms with Crippen LogP contribution in [0.3, 0.4) is 0 Å². The second kappa shape index (κ2) is 9.07. The molecular weight excluding hydrogens is 450 g/mol. The predicted molar refractivity (Wildman–Crippen MR) is 121 cm³/mol. The Labute approximate surface area is 189 Å². The number of hydrogen-bond acceptors (Lipinski definition) is 8. The molecule has 1 fully saturated rings. The molecule has 4 rings (SSSR count). The maximum absolute atomic E-state index is 12.5. The van der Waals surface area contributed by atoms with Crippen LogP contribution in [0, 0.1) is 12.3 Å². The lowest BCUT2D eigenvalue weighted by Crippen LogP contribution is -2.33. The molecule has 0 atom stereocenters. The van der Waals surface area contributed by atoms with Gasteiger partial charge in [0.05, 0.1) is 10.4 Å². The molecule has 0 unspecified atom stereocenters. The molecular formula is C20H21N7O3S2. The van der Waals surface area contributed by atoms with Gasteiger partial charge >= 0.3 is 0 Å². The van der Waals surface area contributed by atoms with Gasteiger partial charge in [0, 0.05) is 43.9 Å². The van der Waals surface area contributed by atoms with Gasteiger partial charge in [0.15, 0.2) is 17.5 Å². The Bertz CT molecular complexity index is 1290. The largest absolute Gasteiger partial charge is 0.355 e. The van der Waals surface area contributed by atoms with Gasteiger partial charge in [-0.15, -0.1) is 17.8 Å². The zero-order chi connectivity index (χ0) is 22.7. The van der Waals surface area contributed by atoms with Crippen molar-refractivity contribution in [2.75, 3.05) is 18.4 Å². The highest BCUT2D eigenvalue weighted by atomic mass is 32.2. The summed E-state index contributed by atoms with van der Waals surface area (Å²) in [4.78, 5) is 20.2. The number of hydrogen-bond donors (Lipinski definition) is 4. The van der Waals surface area contributed by atoms with Crippen LogP contribution in [0.5, 0.6) is 0 Å². The van der Waals surface area contributed by atoms with Crippen LogP contribution < -0.4 is 15.4 Å². The van der Waals surface area contributed by atoms with Crippen molar-refractivity contribution in [1.29, 1.82) is 0 Å². The maximum atomic E-state index is 12.5. The Balaban J connectivity index is 1.51. The Morgan fingerprint density at radius 2 is 2.16 bits per heavy atom. The smallest absolute Gasteiger partial charge is 0.250 e. The zero-order valence-corrected chi connectivity index (χ0v) is 18.8. The molecule has 0 aliphatic heterocycles. The predicted octanol–water partition coefficient (Wildman–Crippen LogP) is 1.94. The minimum absolute atomic E-state index is 0.0864. The maximum Gasteiger partial charge on any atom is 0.250 e. The molecule has 0 bridgehead atoms. The van der Waals surface area contributed by atoms with Crippen LogP contribution in [0.25, 0.3) is 10.7 Å². The molecule has 1 aliphatic rings. The van der Waals surface area contributed by atoms with Gasteiger partial charge in [-0.1, -0.05) is 5.92 Å². The van der Waals surface area contributed by atoms with E-state index in [0.29, 0.717) is 33.8 Å². The first-order chi connectivity index (χ1) is 15.4. The standard InChI is InChI=1S/C20H21N7O3S2/c1-3-13-11-22-20(25-19(13)24-17-10-15(26-27-17)14-4-5-14)16-6-7-18(31-16)32(29,30)23-9-8-21-12(2)28/h1,6-7,10-11,14,23H,4-5,8-9H2,2H3,(H,21,28)(H2,22,24,25,26,27). The quantitative estimate of drug-likeness (QED) is 0.276. The molecule has 0 saturated heterocycles. The van der Waals surface area contributed by atoms with Gasteiger partial charge in [-0.2, -0.15) is 5.10 Å². The summed E-state index contributed by atoms with van der Waals surface area (Å²) in [7, 11) is -3.72. The lowest BCUT2D eigenvalue weighted by molar-refractivity contribution is -0.118. The Morgan fingerprint density at radius 1 is 1.34 bits per heavy atom. The number of carbonyl (C=O) groups excluding carboxylic acids is 1. The van der Waals surface area contributed by atoms with Crippen LogP contribution >= 0.6 is 11.3 Å². The van der Waals surface area contributed by atoms with Crippen LogP contribution in [-0.4, -0.2) is 47.6 Å². The fourth-order valence-corrected chi connectivity index (χ4v) is 5.23. The number of aromatic amines is 1. The number of amides is 1. The van der Waals surface area contributed by atoms with Gasteiger partial charge in [-0.25, -0.2) is 23.1 Å². The summed E-state index contributed by atoms with van der Waals surface area (Å²) < 4.78 is 27.5. The lowest BCUT2D eigenvalue weighted by atomic mass is 10.3. The molecule has 1 amide bonds. The van der Waals surface area contributed by atoms with Crippen molar-refractivity contribution < 1.29 is 13.2 Å². The summed E-state index contributed by atoms with van der Waals surface area (Å²) in [5, 5.41) is 12.9. The second-order valence-electron chi connectivity index (χ2n) is 7.21. The minimum atomic E-state index is -3.72. The molecule has 1 aliphatic carbocycles. The summed E-state index contributed by atoms with van der Waals surface area (Å²) >= 11 is 1.04. The number of nitrogens with one attached hydrogen (secondary N) is 4. The topological polar surface area (TPSA) is 142 Å². The van der Waals surface area contributed by atoms with Crippen LogP contribution in [0.2, 0.25) is 0 Å². The van der Waals surface area contributed by atoms with Crippen molar-refractivity contribution in [3.8, 4) is 23.0 Å². The van der Waals surface area contributed by atoms with Crippen LogP contribution in [-0.2, 0) is 14.8 Å². The Hall–Kier alpha value is -3.27. The number of rotatable bonds is 9. The monoisotopic (exact) mass is 471 g/mol. The first-order valence-corrected chi connectivity index (χ1v) is 12.2. The lowest BCUT2D eigenvalue weighted by Gasteiger charge is -2.06. The molecule has 3 aromatic rings. The number of H-pyrrole nitrogens is 1. The van der Waals surface area contributed by atoms with E-state index in [1.165, 1.54) is 19.2 Å². The van der Waals surface area contributed by atoms with Crippen LogP contribution in [0.15, 0.2) is 28.6 Å². The SMILES string of the molecule is C#Cc1cnc(-c2ccc(S(=O)(=O)NCCNC(C)=O)s2)nc1Nc1cc(C2CC2)[nH]n1.